The van der Waals surface area contributed by atoms with E-state index in [0.717, 1.165) is 19.4 Å². The molecule has 3 nitrogen and oxygen atoms in total. The van der Waals surface area contributed by atoms with E-state index in [1.807, 2.05) is 5.92 Å². The standard InChI is InChI=1S/C8H12O2.C3H4O/c1-2-6-9-8-5-3-4-7-10-8;1-2-3-4/h1,8H,3-7H2;1,4H,3H2. The molecule has 0 aromatic carbocycles. The Morgan fingerprint density at radius 3 is 2.50 bits per heavy atom. The summed E-state index contributed by atoms with van der Waals surface area (Å²) in [4.78, 5) is 0. The van der Waals surface area contributed by atoms with Crippen LogP contribution in [0.15, 0.2) is 0 Å². The zero-order valence-electron chi connectivity index (χ0n) is 8.24. The summed E-state index contributed by atoms with van der Waals surface area (Å²) in [6.45, 7) is 1.03. The molecule has 1 aliphatic heterocycles. The zero-order valence-corrected chi connectivity index (χ0v) is 8.24. The Bertz CT molecular complexity index is 194. The summed E-state index contributed by atoms with van der Waals surface area (Å²) in [5.74, 6) is 4.40. The van der Waals surface area contributed by atoms with Crippen LogP contribution in [0.2, 0.25) is 0 Å². The van der Waals surface area contributed by atoms with Crippen LogP contribution in [-0.4, -0.2) is 31.2 Å². The molecule has 3 heteroatoms. The van der Waals surface area contributed by atoms with Gasteiger partial charge in [0, 0.05) is 6.61 Å². The van der Waals surface area contributed by atoms with Crippen molar-refractivity contribution in [1.29, 1.82) is 0 Å². The van der Waals surface area contributed by atoms with E-state index >= 15 is 0 Å². The van der Waals surface area contributed by atoms with Crippen LogP contribution in [0.5, 0.6) is 0 Å². The molecule has 0 aromatic rings. The van der Waals surface area contributed by atoms with Crippen LogP contribution in [0.3, 0.4) is 0 Å². The minimum absolute atomic E-state index is 0.0372. The lowest BCUT2D eigenvalue weighted by Gasteiger charge is -2.21. The Morgan fingerprint density at radius 1 is 1.36 bits per heavy atom. The number of terminal acetylenes is 2. The zero-order chi connectivity index (χ0) is 10.6. The third-order valence-corrected chi connectivity index (χ3v) is 1.58. The monoisotopic (exact) mass is 196 g/mol. The Morgan fingerprint density at radius 2 is 2.07 bits per heavy atom. The SMILES string of the molecule is C#CCO.C#CCOC1CCCCO1. The van der Waals surface area contributed by atoms with Gasteiger partial charge in [-0.1, -0.05) is 11.8 Å². The van der Waals surface area contributed by atoms with Crippen LogP contribution in [0, 0.1) is 24.7 Å². The van der Waals surface area contributed by atoms with Crippen LogP contribution in [0.1, 0.15) is 19.3 Å². The van der Waals surface area contributed by atoms with Gasteiger partial charge in [-0.3, -0.25) is 0 Å². The number of aliphatic hydroxyl groups excluding tert-OH is 1. The van der Waals surface area contributed by atoms with Gasteiger partial charge in [0.15, 0.2) is 6.29 Å². The average molecular weight is 196 g/mol. The van der Waals surface area contributed by atoms with E-state index in [0.29, 0.717) is 6.61 Å². The van der Waals surface area contributed by atoms with E-state index in [9.17, 15) is 0 Å². The first kappa shape index (κ1) is 13.0. The fourth-order valence-corrected chi connectivity index (χ4v) is 0.984. The Labute approximate surface area is 85.4 Å². The van der Waals surface area contributed by atoms with Crippen molar-refractivity contribution in [2.24, 2.45) is 0 Å². The van der Waals surface area contributed by atoms with Crippen molar-refractivity contribution >= 4 is 0 Å². The fraction of sp³-hybridized carbons (Fsp3) is 0.636. The predicted molar refractivity (Wildman–Crippen MR) is 54.3 cm³/mol. The minimum Gasteiger partial charge on any atom is -0.384 e. The van der Waals surface area contributed by atoms with Crippen LogP contribution in [0.25, 0.3) is 0 Å². The molecule has 1 atom stereocenters. The quantitative estimate of drug-likeness (QED) is 0.663. The third-order valence-electron chi connectivity index (χ3n) is 1.58. The highest BCUT2D eigenvalue weighted by atomic mass is 16.7. The van der Waals surface area contributed by atoms with Crippen LogP contribution in [0.4, 0.5) is 0 Å². The van der Waals surface area contributed by atoms with E-state index in [-0.39, 0.29) is 12.9 Å². The first-order valence-corrected chi connectivity index (χ1v) is 4.56. The number of hydrogen-bond acceptors (Lipinski definition) is 3. The molecule has 0 aliphatic carbocycles. The van der Waals surface area contributed by atoms with Gasteiger partial charge < -0.3 is 14.6 Å². The number of aliphatic hydroxyl groups is 1. The number of ether oxygens (including phenoxy) is 2. The summed E-state index contributed by atoms with van der Waals surface area (Å²) in [5, 5.41) is 7.64. The van der Waals surface area contributed by atoms with Gasteiger partial charge >= 0.3 is 0 Å². The molecule has 0 radical (unpaired) electrons. The minimum atomic E-state index is -0.153. The molecule has 0 spiro atoms. The van der Waals surface area contributed by atoms with Gasteiger partial charge in [0.05, 0.1) is 0 Å². The normalized spacial score (nSPS) is 19.8. The summed E-state index contributed by atoms with van der Waals surface area (Å²) in [5.41, 5.74) is 0. The summed E-state index contributed by atoms with van der Waals surface area (Å²) in [7, 11) is 0. The van der Waals surface area contributed by atoms with Gasteiger partial charge in [0.25, 0.3) is 0 Å². The molecule has 1 N–H and O–H groups in total. The largest absolute Gasteiger partial charge is 0.384 e. The molecule has 1 rings (SSSR count). The van der Waals surface area contributed by atoms with E-state index < -0.39 is 0 Å². The van der Waals surface area contributed by atoms with E-state index in [2.05, 4.69) is 12.3 Å². The molecule has 0 amide bonds. The van der Waals surface area contributed by atoms with Crippen molar-refractivity contribution in [1.82, 2.24) is 0 Å². The van der Waals surface area contributed by atoms with Crippen molar-refractivity contribution < 1.29 is 14.6 Å². The second-order valence-corrected chi connectivity index (χ2v) is 2.67. The van der Waals surface area contributed by atoms with Crippen molar-refractivity contribution in [2.45, 2.75) is 25.6 Å². The molecule has 1 unspecified atom stereocenters. The average Bonchev–Trinajstić information content (AvgIpc) is 2.28. The van der Waals surface area contributed by atoms with Gasteiger partial charge in [-0.2, -0.15) is 0 Å². The molecule has 0 aromatic heterocycles. The van der Waals surface area contributed by atoms with Gasteiger partial charge in [0.1, 0.15) is 13.2 Å². The lowest BCUT2D eigenvalue weighted by atomic mass is 10.2. The van der Waals surface area contributed by atoms with Crippen molar-refractivity contribution in [3.05, 3.63) is 0 Å². The molecule has 1 saturated heterocycles. The first-order chi connectivity index (χ1) is 6.85. The number of rotatable bonds is 2. The van der Waals surface area contributed by atoms with Gasteiger partial charge in [-0.15, -0.1) is 12.8 Å². The van der Waals surface area contributed by atoms with Crippen molar-refractivity contribution in [3.63, 3.8) is 0 Å². The summed E-state index contributed by atoms with van der Waals surface area (Å²) < 4.78 is 10.4. The summed E-state index contributed by atoms with van der Waals surface area (Å²) >= 11 is 0. The fourth-order valence-electron chi connectivity index (χ4n) is 0.984. The first-order valence-electron chi connectivity index (χ1n) is 4.56. The molecular formula is C11H16O3. The maximum Gasteiger partial charge on any atom is 0.158 e. The highest BCUT2D eigenvalue weighted by Gasteiger charge is 2.12. The topological polar surface area (TPSA) is 38.7 Å². The Hall–Kier alpha value is -1.00. The second-order valence-electron chi connectivity index (χ2n) is 2.67. The van der Waals surface area contributed by atoms with E-state index in [4.69, 9.17) is 21.0 Å². The van der Waals surface area contributed by atoms with Gasteiger partial charge in [0.2, 0.25) is 0 Å². The maximum absolute atomic E-state index is 7.64. The van der Waals surface area contributed by atoms with Crippen LogP contribution in [-0.2, 0) is 9.47 Å². The molecule has 0 saturated carbocycles. The van der Waals surface area contributed by atoms with Gasteiger partial charge in [-0.25, -0.2) is 0 Å². The van der Waals surface area contributed by atoms with Crippen LogP contribution < -0.4 is 0 Å². The van der Waals surface area contributed by atoms with Crippen molar-refractivity contribution in [3.8, 4) is 24.7 Å². The summed E-state index contributed by atoms with van der Waals surface area (Å²) in [6.07, 6.45) is 12.8. The molecule has 0 bridgehead atoms. The second kappa shape index (κ2) is 10.1. The van der Waals surface area contributed by atoms with E-state index in [1.165, 1.54) is 6.42 Å². The predicted octanol–water partition coefficient (Wildman–Crippen LogP) is 0.775. The smallest absolute Gasteiger partial charge is 0.158 e. The highest BCUT2D eigenvalue weighted by molar-refractivity contribution is 4.83. The van der Waals surface area contributed by atoms with E-state index in [1.54, 1.807) is 0 Å². The van der Waals surface area contributed by atoms with Crippen molar-refractivity contribution in [2.75, 3.05) is 19.8 Å². The lowest BCUT2D eigenvalue weighted by Crippen LogP contribution is -2.22. The maximum atomic E-state index is 7.64. The Balaban J connectivity index is 0.000000364. The molecule has 14 heavy (non-hydrogen) atoms. The molecule has 1 aliphatic rings. The van der Waals surface area contributed by atoms with Crippen LogP contribution >= 0.6 is 0 Å². The van der Waals surface area contributed by atoms with Gasteiger partial charge in [-0.05, 0) is 19.3 Å². The highest BCUT2D eigenvalue weighted by Crippen LogP contribution is 2.12. The Kier molecular flexibility index (Phi) is 9.36. The summed E-state index contributed by atoms with van der Waals surface area (Å²) in [6, 6.07) is 0. The third kappa shape index (κ3) is 7.64. The molecular weight excluding hydrogens is 180 g/mol. The molecule has 1 fully saturated rings. The lowest BCUT2D eigenvalue weighted by molar-refractivity contribution is -0.154. The number of hydrogen-bond donors (Lipinski definition) is 1. The molecule has 78 valence electrons. The molecule has 1 heterocycles.